The Hall–Kier alpha value is -3.27. The van der Waals surface area contributed by atoms with Gasteiger partial charge in [0.05, 0.1) is 35.0 Å². The summed E-state index contributed by atoms with van der Waals surface area (Å²) in [6.07, 6.45) is 2.97. The molecule has 0 saturated carbocycles. The molecule has 2 heterocycles. The molecule has 4 rings (SSSR count). The lowest BCUT2D eigenvalue weighted by Crippen LogP contribution is -2.07. The minimum atomic E-state index is -1.02. The normalized spacial score (nSPS) is 11.1. The number of rotatable bonds is 4. The Morgan fingerprint density at radius 2 is 1.93 bits per heavy atom. The van der Waals surface area contributed by atoms with Gasteiger partial charge in [-0.2, -0.15) is 5.10 Å². The van der Waals surface area contributed by atoms with Crippen molar-refractivity contribution >= 4 is 21.6 Å². The molecule has 0 aromatic heterocycles. The number of hydrogen-bond acceptors (Lipinski definition) is 5. The number of imidazole rings is 1. The monoisotopic (exact) mass is 445 g/mol. The van der Waals surface area contributed by atoms with Crippen molar-refractivity contribution in [3.8, 4) is 22.8 Å². The molecule has 0 saturated heterocycles. The predicted octanol–water partition coefficient (Wildman–Crippen LogP) is 4.44. The summed E-state index contributed by atoms with van der Waals surface area (Å²) in [6, 6.07) is 8.53. The van der Waals surface area contributed by atoms with Crippen LogP contribution in [0.3, 0.4) is 0 Å². The Kier molecular flexibility index (Phi) is 4.55. The number of nitrogens with zero attached hydrogens (tertiary/aromatic N) is 5. The Balaban J connectivity index is 1.71. The van der Waals surface area contributed by atoms with Gasteiger partial charge < -0.3 is 0 Å². The molecule has 140 valence electrons. The van der Waals surface area contributed by atoms with Gasteiger partial charge in [0.15, 0.2) is 17.5 Å². The van der Waals surface area contributed by atoms with Gasteiger partial charge in [-0.3, -0.25) is 14.8 Å². The topological polar surface area (TPSA) is 86.7 Å². The minimum absolute atomic E-state index is 0.0418. The first-order chi connectivity index (χ1) is 13.4. The second-order valence-corrected chi connectivity index (χ2v) is 6.84. The van der Waals surface area contributed by atoms with Gasteiger partial charge in [-0.25, -0.2) is 18.7 Å². The average molecular weight is 446 g/mol. The van der Waals surface area contributed by atoms with E-state index < -0.39 is 16.6 Å². The average Bonchev–Trinajstić information content (AvgIpc) is 3.08. The first-order valence-electron chi connectivity index (χ1n) is 8.00. The van der Waals surface area contributed by atoms with Gasteiger partial charge >= 0.3 is 0 Å². The van der Waals surface area contributed by atoms with E-state index in [1.54, 1.807) is 18.3 Å². The first-order valence-corrected chi connectivity index (χ1v) is 8.79. The van der Waals surface area contributed by atoms with Crippen LogP contribution in [-0.4, -0.2) is 24.7 Å². The maximum atomic E-state index is 14.0. The van der Waals surface area contributed by atoms with Gasteiger partial charge in [-0.1, -0.05) is 22.0 Å². The zero-order valence-electron chi connectivity index (χ0n) is 14.0. The summed E-state index contributed by atoms with van der Waals surface area (Å²) in [5, 5.41) is 15.4. The number of hydrogen-bond donors (Lipinski definition) is 0. The highest BCUT2D eigenvalue weighted by molar-refractivity contribution is 9.10. The van der Waals surface area contributed by atoms with Crippen molar-refractivity contribution in [1.82, 2.24) is 19.7 Å². The molecule has 0 N–H and O–H groups in total. The molecule has 0 spiro atoms. The first kappa shape index (κ1) is 18.1. The Labute approximate surface area is 165 Å². The van der Waals surface area contributed by atoms with Crippen LogP contribution in [0.15, 0.2) is 53.3 Å². The van der Waals surface area contributed by atoms with Crippen molar-refractivity contribution in [2.24, 2.45) is 0 Å². The summed E-state index contributed by atoms with van der Waals surface area (Å²) in [5.41, 5.74) is 1.18. The zero-order valence-corrected chi connectivity index (χ0v) is 15.6. The fourth-order valence-corrected chi connectivity index (χ4v) is 3.11. The van der Waals surface area contributed by atoms with Crippen molar-refractivity contribution in [2.75, 3.05) is 0 Å². The molecule has 28 heavy (non-hydrogen) atoms. The lowest BCUT2D eigenvalue weighted by molar-refractivity contribution is -0.385. The van der Waals surface area contributed by atoms with Crippen LogP contribution in [-0.2, 0) is 6.54 Å². The van der Waals surface area contributed by atoms with E-state index in [1.807, 2.05) is 0 Å². The molecule has 7 nitrogen and oxygen atoms in total. The summed E-state index contributed by atoms with van der Waals surface area (Å²) in [5.74, 6) is -1.97. The summed E-state index contributed by atoms with van der Waals surface area (Å²) >= 11 is 3.22. The Bertz CT molecular complexity index is 1180. The molecule has 2 aromatic rings. The summed E-state index contributed by atoms with van der Waals surface area (Å²) in [4.78, 5) is 19.2. The fraction of sp³-hybridized carbons (Fsp3) is 0.0556. The molecule has 0 amide bonds. The molecule has 0 bridgehead atoms. The molecular formula is C18H10BrF2N5O2. The van der Waals surface area contributed by atoms with Crippen LogP contribution in [0.5, 0.6) is 0 Å². The highest BCUT2D eigenvalue weighted by Gasteiger charge is 2.19. The number of fused-ring (bicyclic) bond motifs is 1. The van der Waals surface area contributed by atoms with Crippen LogP contribution in [0.25, 0.3) is 22.8 Å². The van der Waals surface area contributed by atoms with Crippen LogP contribution >= 0.6 is 15.9 Å². The standard InChI is InChI=1S/C18H10BrF2N5O2/c19-11-5-4-10(16(6-11)26(27)28)8-25-9-15-14(7-22-25)23-18(24-15)12-2-1-3-13(20)17(12)21/h1-7,9H,8H2. The molecule has 2 aliphatic heterocycles. The number of nitro groups is 1. The summed E-state index contributed by atoms with van der Waals surface area (Å²) in [7, 11) is 0. The van der Waals surface area contributed by atoms with E-state index >= 15 is 0 Å². The van der Waals surface area contributed by atoms with Crippen LogP contribution in [0.2, 0.25) is 0 Å². The second-order valence-electron chi connectivity index (χ2n) is 5.92. The van der Waals surface area contributed by atoms with Gasteiger partial charge in [0.2, 0.25) is 0 Å². The number of aromatic nitrogens is 4. The van der Waals surface area contributed by atoms with Crippen molar-refractivity contribution in [1.29, 1.82) is 0 Å². The van der Waals surface area contributed by atoms with E-state index in [2.05, 4.69) is 31.0 Å². The molecular weight excluding hydrogens is 436 g/mol. The van der Waals surface area contributed by atoms with Crippen molar-refractivity contribution in [2.45, 2.75) is 6.54 Å². The van der Waals surface area contributed by atoms with Crippen LogP contribution in [0.1, 0.15) is 5.56 Å². The van der Waals surface area contributed by atoms with E-state index in [0.717, 1.165) is 6.07 Å². The number of halogens is 3. The number of nitro benzene ring substituents is 1. The highest BCUT2D eigenvalue weighted by atomic mass is 79.9. The predicted molar refractivity (Wildman–Crippen MR) is 99.7 cm³/mol. The van der Waals surface area contributed by atoms with E-state index in [0.29, 0.717) is 21.4 Å². The zero-order chi connectivity index (χ0) is 19.8. The molecule has 2 aromatic carbocycles. The molecule has 0 fully saturated rings. The van der Waals surface area contributed by atoms with Crippen LogP contribution in [0.4, 0.5) is 14.5 Å². The summed E-state index contributed by atoms with van der Waals surface area (Å²) < 4.78 is 29.5. The SMILES string of the molecule is O=[N+]([O-])c1cc(Br)ccc1Cn1cc2nc(-c3cccc(F)c3F)nc-2cn1. The largest absolute Gasteiger partial charge is 0.275 e. The lowest BCUT2D eigenvalue weighted by Gasteiger charge is -2.07. The molecule has 2 aliphatic rings. The Morgan fingerprint density at radius 3 is 2.71 bits per heavy atom. The van der Waals surface area contributed by atoms with Crippen LogP contribution < -0.4 is 0 Å². The molecule has 10 heteroatoms. The van der Waals surface area contributed by atoms with Gasteiger partial charge in [0, 0.05) is 10.5 Å². The van der Waals surface area contributed by atoms with E-state index in [4.69, 9.17) is 0 Å². The molecule has 0 atom stereocenters. The Morgan fingerprint density at radius 1 is 1.14 bits per heavy atom. The maximum absolute atomic E-state index is 14.0. The van der Waals surface area contributed by atoms with E-state index in [9.17, 15) is 18.9 Å². The van der Waals surface area contributed by atoms with Gasteiger partial charge in [-0.05, 0) is 24.3 Å². The van der Waals surface area contributed by atoms with Gasteiger partial charge in [0.25, 0.3) is 5.69 Å². The van der Waals surface area contributed by atoms with Gasteiger partial charge in [-0.15, -0.1) is 0 Å². The minimum Gasteiger partial charge on any atom is -0.266 e. The van der Waals surface area contributed by atoms with Crippen molar-refractivity contribution in [3.05, 3.63) is 80.6 Å². The van der Waals surface area contributed by atoms with Crippen molar-refractivity contribution in [3.63, 3.8) is 0 Å². The molecule has 0 aliphatic carbocycles. The fourth-order valence-electron chi connectivity index (χ4n) is 2.76. The lowest BCUT2D eigenvalue weighted by atomic mass is 10.2. The third-order valence-electron chi connectivity index (χ3n) is 4.08. The van der Waals surface area contributed by atoms with Crippen molar-refractivity contribution < 1.29 is 13.7 Å². The van der Waals surface area contributed by atoms with Gasteiger partial charge in [0.1, 0.15) is 11.4 Å². The smallest absolute Gasteiger partial charge is 0.266 e. The molecule has 0 radical (unpaired) electrons. The maximum Gasteiger partial charge on any atom is 0.275 e. The van der Waals surface area contributed by atoms with E-state index in [1.165, 1.54) is 29.1 Å². The third-order valence-corrected chi connectivity index (χ3v) is 4.58. The second kappa shape index (κ2) is 7.04. The third kappa shape index (κ3) is 3.33. The highest BCUT2D eigenvalue weighted by Crippen LogP contribution is 2.28. The van der Waals surface area contributed by atoms with E-state index in [-0.39, 0.29) is 23.6 Å². The number of benzene rings is 2. The van der Waals surface area contributed by atoms with Crippen LogP contribution in [0, 0.1) is 21.7 Å². The molecule has 0 unspecified atom stereocenters. The quantitative estimate of drug-likeness (QED) is 0.342. The summed E-state index contributed by atoms with van der Waals surface area (Å²) in [6.45, 7) is 0.135.